The summed E-state index contributed by atoms with van der Waals surface area (Å²) in [5, 5.41) is 2.97. The number of hydrogen-bond acceptors (Lipinski definition) is 3. The van der Waals surface area contributed by atoms with Crippen LogP contribution >= 0.6 is 0 Å². The second-order valence-corrected chi connectivity index (χ2v) is 10.1. The molecular weight excluding hydrogens is 403 g/mol. The minimum Gasteiger partial charge on any atom is -0.349 e. The Morgan fingerprint density at radius 2 is 1.60 bits per heavy atom. The molecule has 1 aliphatic heterocycles. The number of sulfonamides is 1. The van der Waals surface area contributed by atoms with Crippen molar-refractivity contribution < 1.29 is 17.6 Å². The van der Waals surface area contributed by atoms with Gasteiger partial charge in [0.05, 0.1) is 10.9 Å². The summed E-state index contributed by atoms with van der Waals surface area (Å²) in [6.45, 7) is 8.09. The van der Waals surface area contributed by atoms with Crippen LogP contribution in [-0.2, 0) is 14.8 Å². The van der Waals surface area contributed by atoms with Crippen molar-refractivity contribution in [3.05, 3.63) is 64.5 Å². The molecular formula is C23H29FN2O3S. The van der Waals surface area contributed by atoms with Crippen molar-refractivity contribution in [3.8, 4) is 0 Å². The van der Waals surface area contributed by atoms with Gasteiger partial charge in [0.2, 0.25) is 15.9 Å². The van der Waals surface area contributed by atoms with E-state index in [1.54, 1.807) is 12.1 Å². The lowest BCUT2D eigenvalue weighted by Crippen LogP contribution is -2.43. The van der Waals surface area contributed by atoms with Gasteiger partial charge in [-0.25, -0.2) is 12.8 Å². The molecule has 2 aromatic rings. The summed E-state index contributed by atoms with van der Waals surface area (Å²) in [7, 11) is -3.59. The van der Waals surface area contributed by atoms with E-state index in [4.69, 9.17) is 0 Å². The van der Waals surface area contributed by atoms with E-state index in [2.05, 4.69) is 5.32 Å². The van der Waals surface area contributed by atoms with Crippen LogP contribution in [0.15, 0.2) is 41.3 Å². The van der Waals surface area contributed by atoms with E-state index in [0.29, 0.717) is 30.8 Å². The summed E-state index contributed by atoms with van der Waals surface area (Å²) in [5.74, 6) is -0.643. The second kappa shape index (κ2) is 8.86. The number of rotatable bonds is 5. The molecule has 0 aliphatic carbocycles. The third-order valence-corrected chi connectivity index (χ3v) is 7.96. The topological polar surface area (TPSA) is 66.5 Å². The van der Waals surface area contributed by atoms with Crippen molar-refractivity contribution in [3.63, 3.8) is 0 Å². The summed E-state index contributed by atoms with van der Waals surface area (Å²) < 4.78 is 41.0. The van der Waals surface area contributed by atoms with Gasteiger partial charge in [0.1, 0.15) is 5.82 Å². The number of nitrogens with zero attached hydrogens (tertiary/aromatic N) is 1. The van der Waals surface area contributed by atoms with E-state index in [0.717, 1.165) is 22.3 Å². The number of aryl methyl sites for hydroxylation is 3. The maximum Gasteiger partial charge on any atom is 0.243 e. The van der Waals surface area contributed by atoms with E-state index in [1.807, 2.05) is 39.8 Å². The maximum absolute atomic E-state index is 13.2. The van der Waals surface area contributed by atoms with Gasteiger partial charge in [-0.05, 0) is 69.4 Å². The van der Waals surface area contributed by atoms with Crippen LogP contribution in [0.2, 0.25) is 0 Å². The normalized spacial score (nSPS) is 17.0. The molecule has 0 radical (unpaired) electrons. The predicted octanol–water partition coefficient (Wildman–Crippen LogP) is 4.03. The number of carbonyl (C=O) groups is 1. The van der Waals surface area contributed by atoms with Crippen LogP contribution in [0.5, 0.6) is 0 Å². The third kappa shape index (κ3) is 4.73. The molecule has 1 unspecified atom stereocenters. The first-order valence-corrected chi connectivity index (χ1v) is 11.7. The van der Waals surface area contributed by atoms with Gasteiger partial charge in [-0.15, -0.1) is 0 Å². The lowest BCUT2D eigenvalue weighted by molar-refractivity contribution is -0.126. The molecule has 1 heterocycles. The third-order valence-electron chi connectivity index (χ3n) is 5.76. The molecule has 162 valence electrons. The monoisotopic (exact) mass is 432 g/mol. The largest absolute Gasteiger partial charge is 0.349 e. The lowest BCUT2D eigenvalue weighted by Gasteiger charge is -2.32. The van der Waals surface area contributed by atoms with Crippen molar-refractivity contribution in [1.82, 2.24) is 9.62 Å². The van der Waals surface area contributed by atoms with E-state index in [-0.39, 0.29) is 23.7 Å². The number of benzene rings is 2. The highest BCUT2D eigenvalue weighted by Gasteiger charge is 2.34. The average molecular weight is 433 g/mol. The van der Waals surface area contributed by atoms with Crippen LogP contribution in [0, 0.1) is 32.5 Å². The first-order chi connectivity index (χ1) is 14.1. The molecule has 30 heavy (non-hydrogen) atoms. The van der Waals surface area contributed by atoms with Crippen LogP contribution in [0.3, 0.4) is 0 Å². The molecule has 3 rings (SSSR count). The fourth-order valence-corrected chi connectivity index (χ4v) is 6.11. The van der Waals surface area contributed by atoms with Crippen LogP contribution in [0.1, 0.15) is 48.1 Å². The Morgan fingerprint density at radius 3 is 2.13 bits per heavy atom. The summed E-state index contributed by atoms with van der Waals surface area (Å²) in [4.78, 5) is 13.0. The number of carbonyl (C=O) groups excluding carboxylic acids is 1. The summed E-state index contributed by atoms with van der Waals surface area (Å²) >= 11 is 0. The molecule has 0 saturated carbocycles. The zero-order valence-corrected chi connectivity index (χ0v) is 18.7. The van der Waals surface area contributed by atoms with E-state index >= 15 is 0 Å². The smallest absolute Gasteiger partial charge is 0.243 e. The number of nitrogens with one attached hydrogen (secondary N) is 1. The fraction of sp³-hybridized carbons (Fsp3) is 0.435. The van der Waals surface area contributed by atoms with Crippen LogP contribution in [-0.4, -0.2) is 31.7 Å². The second-order valence-electron chi connectivity index (χ2n) is 8.19. The molecule has 0 aromatic heterocycles. The highest BCUT2D eigenvalue weighted by Crippen LogP contribution is 2.29. The molecule has 1 fully saturated rings. The van der Waals surface area contributed by atoms with Gasteiger partial charge in [0.15, 0.2) is 0 Å². The van der Waals surface area contributed by atoms with Crippen molar-refractivity contribution in [2.45, 2.75) is 51.5 Å². The molecule has 1 atom stereocenters. The quantitative estimate of drug-likeness (QED) is 0.776. The molecule has 1 N–H and O–H groups in total. The van der Waals surface area contributed by atoms with Crippen molar-refractivity contribution in [2.24, 2.45) is 5.92 Å². The van der Waals surface area contributed by atoms with E-state index < -0.39 is 10.0 Å². The molecule has 2 aromatic carbocycles. The van der Waals surface area contributed by atoms with Crippen molar-refractivity contribution in [1.29, 1.82) is 0 Å². The SMILES string of the molecule is Cc1cc(C)c(S(=O)(=O)N2CCC(C(=O)NC(C)c3ccc(F)cc3)CC2)c(C)c1. The van der Waals surface area contributed by atoms with Crippen LogP contribution < -0.4 is 5.32 Å². The number of amides is 1. The highest BCUT2D eigenvalue weighted by molar-refractivity contribution is 7.89. The highest BCUT2D eigenvalue weighted by atomic mass is 32.2. The standard InChI is InChI=1S/C23H29FN2O3S/c1-15-13-16(2)22(17(3)14-15)30(28,29)26-11-9-20(10-12-26)23(27)25-18(4)19-5-7-21(24)8-6-19/h5-8,13-14,18,20H,9-12H2,1-4H3,(H,25,27). The molecule has 0 spiro atoms. The predicted molar refractivity (Wildman–Crippen MR) is 115 cm³/mol. The van der Waals surface area contributed by atoms with Gasteiger partial charge in [0.25, 0.3) is 0 Å². The Bertz CT molecular complexity index is 1000. The van der Waals surface area contributed by atoms with Crippen LogP contribution in [0.4, 0.5) is 4.39 Å². The van der Waals surface area contributed by atoms with Gasteiger partial charge in [-0.2, -0.15) is 4.31 Å². The number of piperidine rings is 1. The van der Waals surface area contributed by atoms with Crippen LogP contribution in [0.25, 0.3) is 0 Å². The van der Waals surface area contributed by atoms with Gasteiger partial charge in [-0.1, -0.05) is 29.8 Å². The zero-order valence-electron chi connectivity index (χ0n) is 17.9. The minimum atomic E-state index is -3.59. The Labute approximate surface area is 178 Å². The Balaban J connectivity index is 1.64. The van der Waals surface area contributed by atoms with E-state index in [9.17, 15) is 17.6 Å². The lowest BCUT2D eigenvalue weighted by atomic mass is 9.96. The Hall–Kier alpha value is -2.25. The number of halogens is 1. The first kappa shape index (κ1) is 22.4. The molecule has 1 aliphatic rings. The average Bonchev–Trinajstić information content (AvgIpc) is 2.67. The van der Waals surface area contributed by atoms with Crippen molar-refractivity contribution >= 4 is 15.9 Å². The molecule has 5 nitrogen and oxygen atoms in total. The molecule has 1 amide bonds. The zero-order chi connectivity index (χ0) is 22.1. The molecule has 0 bridgehead atoms. The van der Waals surface area contributed by atoms with Gasteiger partial charge in [0, 0.05) is 19.0 Å². The van der Waals surface area contributed by atoms with Crippen molar-refractivity contribution in [2.75, 3.05) is 13.1 Å². The first-order valence-electron chi connectivity index (χ1n) is 10.2. The summed E-state index contributed by atoms with van der Waals surface area (Å²) in [6, 6.07) is 9.59. The Kier molecular flexibility index (Phi) is 6.62. The van der Waals surface area contributed by atoms with Gasteiger partial charge in [-0.3, -0.25) is 4.79 Å². The molecule has 1 saturated heterocycles. The maximum atomic E-state index is 13.2. The van der Waals surface area contributed by atoms with Gasteiger partial charge >= 0.3 is 0 Å². The van der Waals surface area contributed by atoms with Gasteiger partial charge < -0.3 is 5.32 Å². The molecule has 7 heteroatoms. The van der Waals surface area contributed by atoms with E-state index in [1.165, 1.54) is 16.4 Å². The fourth-order valence-electron chi connectivity index (χ4n) is 4.23. The Morgan fingerprint density at radius 1 is 1.07 bits per heavy atom. The minimum absolute atomic E-state index is 0.0911. The number of hydrogen-bond donors (Lipinski definition) is 1. The summed E-state index contributed by atoms with van der Waals surface area (Å²) in [5.41, 5.74) is 3.37. The summed E-state index contributed by atoms with van der Waals surface area (Å²) in [6.07, 6.45) is 0.955.